The van der Waals surface area contributed by atoms with Gasteiger partial charge in [0, 0.05) is 38.8 Å². The predicted octanol–water partition coefficient (Wildman–Crippen LogP) is -0.0462. The minimum absolute atomic E-state index is 0.311. The smallest absolute Gasteiger partial charge is 0.320 e. The van der Waals surface area contributed by atoms with Crippen molar-refractivity contribution in [1.82, 2.24) is 19.7 Å². The highest BCUT2D eigenvalue weighted by Gasteiger charge is 2.15. The van der Waals surface area contributed by atoms with Crippen LogP contribution in [0.15, 0.2) is 18.5 Å². The lowest BCUT2D eigenvalue weighted by Crippen LogP contribution is -2.37. The number of nitrogens with zero attached hydrogens (tertiary/aromatic N) is 5. The molecule has 2 aromatic rings. The third-order valence-corrected chi connectivity index (χ3v) is 3.56. The van der Waals surface area contributed by atoms with Gasteiger partial charge in [0.2, 0.25) is 0 Å². The molecule has 1 saturated heterocycles. The second-order valence-corrected chi connectivity index (χ2v) is 5.26. The van der Waals surface area contributed by atoms with Crippen LogP contribution in [-0.2, 0) is 18.2 Å². The molecule has 0 unspecified atom stereocenters. The lowest BCUT2D eigenvalue weighted by molar-refractivity contribution is 0.122. The van der Waals surface area contributed by atoms with E-state index in [9.17, 15) is 0 Å². The molecular weight excluding hydrogens is 298 g/mol. The average Bonchev–Trinajstić information content (AvgIpc) is 3.00. The van der Waals surface area contributed by atoms with Crippen LogP contribution in [-0.4, -0.2) is 52.7 Å². The monoisotopic (exact) mass is 319 g/mol. The Morgan fingerprint density at radius 2 is 2.17 bits per heavy atom. The molecule has 124 valence electrons. The van der Waals surface area contributed by atoms with E-state index in [1.165, 1.54) is 0 Å². The largest absolute Gasteiger partial charge is 0.463 e. The van der Waals surface area contributed by atoms with Crippen LogP contribution in [0.1, 0.15) is 5.56 Å². The Labute approximate surface area is 134 Å². The molecule has 0 atom stereocenters. The lowest BCUT2D eigenvalue weighted by atomic mass is 10.3. The molecule has 0 saturated carbocycles. The Bertz CT molecular complexity index is 640. The second kappa shape index (κ2) is 7.25. The average molecular weight is 319 g/mol. The topological polar surface area (TPSA) is 103 Å². The number of rotatable bonds is 6. The highest BCUT2D eigenvalue weighted by molar-refractivity contribution is 5.50. The molecule has 0 bridgehead atoms. The molecule has 0 aliphatic carbocycles. The summed E-state index contributed by atoms with van der Waals surface area (Å²) in [4.78, 5) is 10.8. The van der Waals surface area contributed by atoms with Gasteiger partial charge in [-0.15, -0.1) is 0 Å². The van der Waals surface area contributed by atoms with Gasteiger partial charge in [-0.3, -0.25) is 4.68 Å². The van der Waals surface area contributed by atoms with Crippen molar-refractivity contribution in [2.24, 2.45) is 12.9 Å². The van der Waals surface area contributed by atoms with Crippen LogP contribution in [0.5, 0.6) is 6.01 Å². The summed E-state index contributed by atoms with van der Waals surface area (Å²) in [5.74, 6) is 6.80. The maximum atomic E-state index is 5.68. The quantitative estimate of drug-likeness (QED) is 0.564. The normalized spacial score (nSPS) is 14.8. The number of aryl methyl sites for hydroxylation is 1. The van der Waals surface area contributed by atoms with Crippen molar-refractivity contribution in [2.75, 3.05) is 43.2 Å². The van der Waals surface area contributed by atoms with E-state index in [1.807, 2.05) is 19.4 Å². The first kappa shape index (κ1) is 15.5. The number of nitrogen functional groups attached to an aromatic ring is 1. The predicted molar refractivity (Wildman–Crippen MR) is 85.3 cm³/mol. The zero-order valence-electron chi connectivity index (χ0n) is 13.1. The zero-order valence-corrected chi connectivity index (χ0v) is 13.1. The summed E-state index contributed by atoms with van der Waals surface area (Å²) in [5.41, 5.74) is 3.66. The fourth-order valence-electron chi connectivity index (χ4n) is 2.37. The molecule has 9 heteroatoms. The number of hydrazine groups is 1. The molecule has 1 aliphatic rings. The van der Waals surface area contributed by atoms with Crippen molar-refractivity contribution in [3.8, 4) is 6.01 Å². The van der Waals surface area contributed by atoms with E-state index < -0.39 is 0 Å². The van der Waals surface area contributed by atoms with E-state index >= 15 is 0 Å². The van der Waals surface area contributed by atoms with E-state index in [1.54, 1.807) is 10.7 Å². The number of aromatic nitrogens is 4. The molecule has 2 aromatic heterocycles. The van der Waals surface area contributed by atoms with Gasteiger partial charge in [-0.05, 0) is 5.56 Å². The minimum atomic E-state index is 0.311. The molecule has 0 radical (unpaired) electrons. The van der Waals surface area contributed by atoms with Crippen LogP contribution in [0.2, 0.25) is 0 Å². The van der Waals surface area contributed by atoms with Gasteiger partial charge >= 0.3 is 6.01 Å². The van der Waals surface area contributed by atoms with Gasteiger partial charge in [0.25, 0.3) is 0 Å². The Kier molecular flexibility index (Phi) is 4.89. The number of nitrogens with one attached hydrogen (secondary N) is 1. The Balaban J connectivity index is 1.65. The van der Waals surface area contributed by atoms with Crippen LogP contribution in [0.4, 0.5) is 11.6 Å². The molecule has 1 fully saturated rings. The molecule has 3 rings (SSSR count). The van der Waals surface area contributed by atoms with Gasteiger partial charge in [0.15, 0.2) is 0 Å². The zero-order chi connectivity index (χ0) is 16.1. The standard InChI is InChI=1S/C14H21N7O2/c1-20-10-11(9-16-20)2-5-23-14-17-12(19-15)8-13(18-14)21-3-6-22-7-4-21/h8-10H,2-7,15H2,1H3,(H,17,18,19). The third-order valence-electron chi connectivity index (χ3n) is 3.56. The summed E-state index contributed by atoms with van der Waals surface area (Å²) < 4.78 is 12.8. The fraction of sp³-hybridized carbons (Fsp3) is 0.500. The van der Waals surface area contributed by atoms with Crippen LogP contribution in [0.3, 0.4) is 0 Å². The number of morpholine rings is 1. The molecule has 0 aromatic carbocycles. The molecular formula is C14H21N7O2. The molecule has 3 N–H and O–H groups in total. The van der Waals surface area contributed by atoms with Crippen molar-refractivity contribution >= 4 is 11.6 Å². The molecule has 9 nitrogen and oxygen atoms in total. The summed E-state index contributed by atoms with van der Waals surface area (Å²) in [5, 5.41) is 4.13. The summed E-state index contributed by atoms with van der Waals surface area (Å²) >= 11 is 0. The highest BCUT2D eigenvalue weighted by Crippen LogP contribution is 2.20. The van der Waals surface area contributed by atoms with Gasteiger partial charge in [0.1, 0.15) is 11.6 Å². The van der Waals surface area contributed by atoms with E-state index in [-0.39, 0.29) is 0 Å². The Hall–Kier alpha value is -2.39. The first-order valence-corrected chi connectivity index (χ1v) is 7.53. The molecule has 0 amide bonds. The van der Waals surface area contributed by atoms with Crippen molar-refractivity contribution in [1.29, 1.82) is 0 Å². The second-order valence-electron chi connectivity index (χ2n) is 5.26. The summed E-state index contributed by atoms with van der Waals surface area (Å²) in [6.07, 6.45) is 4.52. The Morgan fingerprint density at radius 1 is 1.35 bits per heavy atom. The maximum Gasteiger partial charge on any atom is 0.320 e. The van der Waals surface area contributed by atoms with E-state index in [4.69, 9.17) is 15.3 Å². The summed E-state index contributed by atoms with van der Waals surface area (Å²) in [6, 6.07) is 2.12. The van der Waals surface area contributed by atoms with Gasteiger partial charge in [-0.2, -0.15) is 15.1 Å². The number of hydrogen-bond donors (Lipinski definition) is 2. The minimum Gasteiger partial charge on any atom is -0.463 e. The van der Waals surface area contributed by atoms with Crippen LogP contribution >= 0.6 is 0 Å². The highest BCUT2D eigenvalue weighted by atomic mass is 16.5. The number of hydrogen-bond acceptors (Lipinski definition) is 8. The fourth-order valence-corrected chi connectivity index (χ4v) is 2.37. The summed E-state index contributed by atoms with van der Waals surface area (Å²) in [6.45, 7) is 3.42. The molecule has 3 heterocycles. The van der Waals surface area contributed by atoms with Gasteiger partial charge < -0.3 is 19.8 Å². The first-order chi connectivity index (χ1) is 11.2. The van der Waals surface area contributed by atoms with Crippen LogP contribution in [0, 0.1) is 0 Å². The lowest BCUT2D eigenvalue weighted by Gasteiger charge is -2.28. The van der Waals surface area contributed by atoms with Crippen LogP contribution in [0.25, 0.3) is 0 Å². The van der Waals surface area contributed by atoms with Gasteiger partial charge in [0.05, 0.1) is 26.0 Å². The first-order valence-electron chi connectivity index (χ1n) is 7.53. The Morgan fingerprint density at radius 3 is 2.87 bits per heavy atom. The van der Waals surface area contributed by atoms with E-state index in [2.05, 4.69) is 25.4 Å². The van der Waals surface area contributed by atoms with Crippen molar-refractivity contribution in [2.45, 2.75) is 6.42 Å². The maximum absolute atomic E-state index is 5.68. The van der Waals surface area contributed by atoms with E-state index in [0.29, 0.717) is 31.6 Å². The third kappa shape index (κ3) is 4.08. The van der Waals surface area contributed by atoms with Gasteiger partial charge in [-0.1, -0.05) is 0 Å². The molecule has 23 heavy (non-hydrogen) atoms. The number of ether oxygens (including phenoxy) is 2. The van der Waals surface area contributed by atoms with Crippen LogP contribution < -0.4 is 20.9 Å². The van der Waals surface area contributed by atoms with Gasteiger partial charge in [-0.25, -0.2) is 5.84 Å². The number of nitrogens with two attached hydrogens (primary N) is 1. The molecule has 0 spiro atoms. The number of anilines is 2. The SMILES string of the molecule is Cn1cc(CCOc2nc(NN)cc(N3CCOCC3)n2)cn1. The van der Waals surface area contributed by atoms with E-state index in [0.717, 1.165) is 30.9 Å². The summed E-state index contributed by atoms with van der Waals surface area (Å²) in [7, 11) is 1.89. The van der Waals surface area contributed by atoms with Crippen molar-refractivity contribution in [3.63, 3.8) is 0 Å². The van der Waals surface area contributed by atoms with Crippen molar-refractivity contribution in [3.05, 3.63) is 24.0 Å². The van der Waals surface area contributed by atoms with Crippen molar-refractivity contribution < 1.29 is 9.47 Å². The molecule has 1 aliphatic heterocycles.